The van der Waals surface area contributed by atoms with Crippen molar-refractivity contribution in [2.45, 2.75) is 88.4 Å². The number of amides is 1. The quantitative estimate of drug-likeness (QED) is 0.434. The molecule has 1 N–H and O–H groups in total. The SMILES string of the molecule is CC[C@]1(CN2CC[C@H](S(C)(=O)=O)C2)OCC(C)[C@@H](C)S(=O)(=O)NC(=O)c2ccc3c(c2)N(CCCCc2cc(Cl)ccc2CO3)C[C@@H]2CC[C@H]21. The van der Waals surface area contributed by atoms with Crippen molar-refractivity contribution in [2.24, 2.45) is 17.8 Å². The molecule has 0 aromatic heterocycles. The van der Waals surface area contributed by atoms with E-state index in [1.807, 2.05) is 25.1 Å². The first-order valence-electron chi connectivity index (χ1n) is 18.1. The van der Waals surface area contributed by atoms with Gasteiger partial charge in [0.15, 0.2) is 9.84 Å². The minimum absolute atomic E-state index is 0.186. The Morgan fingerprint density at radius 3 is 2.52 bits per heavy atom. The zero-order valence-electron chi connectivity index (χ0n) is 29.7. The number of fused-ring (bicyclic) bond motifs is 3. The number of carbonyl (C=O) groups excluding carboxylic acids is 1. The largest absolute Gasteiger partial charge is 0.487 e. The van der Waals surface area contributed by atoms with Crippen LogP contribution in [0.3, 0.4) is 0 Å². The second-order valence-corrected chi connectivity index (χ2v) is 19.9. The Balaban J connectivity index is 1.38. The third-order valence-electron chi connectivity index (χ3n) is 11.9. The fraction of sp³-hybridized carbons (Fsp3) is 0.649. The van der Waals surface area contributed by atoms with Gasteiger partial charge in [0.25, 0.3) is 5.91 Å². The maximum Gasteiger partial charge on any atom is 0.264 e. The Hall–Kier alpha value is -2.38. The predicted molar refractivity (Wildman–Crippen MR) is 197 cm³/mol. The van der Waals surface area contributed by atoms with Gasteiger partial charge in [-0.25, -0.2) is 21.6 Å². The molecular weight excluding hydrogens is 698 g/mol. The van der Waals surface area contributed by atoms with Crippen molar-refractivity contribution in [1.82, 2.24) is 9.62 Å². The van der Waals surface area contributed by atoms with E-state index in [4.69, 9.17) is 21.1 Å². The topological polar surface area (TPSA) is 122 Å². The average molecular weight is 750 g/mol. The normalized spacial score (nSPS) is 31.0. The van der Waals surface area contributed by atoms with Gasteiger partial charge in [0, 0.05) is 43.0 Å². The summed E-state index contributed by atoms with van der Waals surface area (Å²) in [5.74, 6) is 0.0256. The number of halogens is 1. The number of hydrogen-bond donors (Lipinski definition) is 1. The monoisotopic (exact) mass is 749 g/mol. The van der Waals surface area contributed by atoms with E-state index in [1.165, 1.54) is 6.26 Å². The number of sulfonamides is 1. The Morgan fingerprint density at radius 2 is 1.82 bits per heavy atom. The van der Waals surface area contributed by atoms with Crippen molar-refractivity contribution in [3.63, 3.8) is 0 Å². The van der Waals surface area contributed by atoms with Crippen molar-refractivity contribution < 1.29 is 31.1 Å². The van der Waals surface area contributed by atoms with Crippen LogP contribution in [0.4, 0.5) is 5.69 Å². The van der Waals surface area contributed by atoms with Gasteiger partial charge in [0.2, 0.25) is 10.0 Å². The first-order chi connectivity index (χ1) is 23.7. The van der Waals surface area contributed by atoms with Crippen molar-refractivity contribution in [2.75, 3.05) is 50.5 Å². The molecule has 2 bridgehead atoms. The molecule has 6 atom stereocenters. The molecule has 2 fully saturated rings. The summed E-state index contributed by atoms with van der Waals surface area (Å²) in [6.45, 7) is 9.35. The van der Waals surface area contributed by atoms with E-state index in [0.717, 1.165) is 62.0 Å². The van der Waals surface area contributed by atoms with Crippen LogP contribution in [0.15, 0.2) is 36.4 Å². The molecule has 3 heterocycles. The summed E-state index contributed by atoms with van der Waals surface area (Å²) < 4.78 is 67.9. The van der Waals surface area contributed by atoms with Gasteiger partial charge >= 0.3 is 0 Å². The van der Waals surface area contributed by atoms with Gasteiger partial charge in [0.1, 0.15) is 12.4 Å². The number of nitrogens with zero attached hydrogens (tertiary/aromatic N) is 2. The molecule has 6 rings (SSSR count). The van der Waals surface area contributed by atoms with Crippen LogP contribution in [-0.2, 0) is 37.6 Å². The summed E-state index contributed by atoms with van der Waals surface area (Å²) in [7, 11) is -7.21. The van der Waals surface area contributed by atoms with Gasteiger partial charge in [-0.2, -0.15) is 0 Å². The number of benzene rings is 2. The van der Waals surface area contributed by atoms with E-state index < -0.39 is 47.8 Å². The molecule has 2 aromatic rings. The van der Waals surface area contributed by atoms with Crippen LogP contribution in [0.2, 0.25) is 5.02 Å². The molecule has 4 aliphatic rings. The third kappa shape index (κ3) is 7.99. The maximum absolute atomic E-state index is 13.6. The first kappa shape index (κ1) is 37.4. The third-order valence-corrected chi connectivity index (χ3v) is 15.6. The fourth-order valence-corrected chi connectivity index (χ4v) is 10.7. The Bertz CT molecular complexity index is 1790. The Morgan fingerprint density at radius 1 is 1.02 bits per heavy atom. The number of carbonyl (C=O) groups is 1. The zero-order chi connectivity index (χ0) is 35.8. The van der Waals surface area contributed by atoms with Crippen molar-refractivity contribution in [1.29, 1.82) is 0 Å². The maximum atomic E-state index is 13.6. The summed E-state index contributed by atoms with van der Waals surface area (Å²) in [6.07, 6.45) is 7.33. The molecule has 0 radical (unpaired) electrons. The lowest BCUT2D eigenvalue weighted by Crippen LogP contribution is -2.57. The number of rotatable bonds is 4. The molecule has 1 saturated heterocycles. The highest BCUT2D eigenvalue weighted by atomic mass is 35.5. The highest BCUT2D eigenvalue weighted by Gasteiger charge is 2.50. The van der Waals surface area contributed by atoms with Crippen molar-refractivity contribution in [3.05, 3.63) is 58.1 Å². The number of aryl methyl sites for hydroxylation is 1. The summed E-state index contributed by atoms with van der Waals surface area (Å²) in [5.41, 5.74) is 2.67. The van der Waals surface area contributed by atoms with E-state index in [-0.39, 0.29) is 24.0 Å². The molecule has 2 aromatic carbocycles. The van der Waals surface area contributed by atoms with Crippen LogP contribution >= 0.6 is 11.6 Å². The predicted octanol–water partition coefficient (Wildman–Crippen LogP) is 5.47. The standard InChI is InChI=1S/C37H52ClN3O7S2/c1-5-37(24-40-17-15-32(21-40)49(4,43)44)33-13-10-29(33)20-41-16-7-6-8-27-18-31(38)12-9-30(27)23-47-35-14-11-28(19-34(35)41)36(42)39-50(45,46)26(3)25(2)22-48-37/h9,11-12,14,18-19,25-26,29,32-33H,5-8,10,13,15-17,20-24H2,1-4H3,(H,39,42)/t25?,26-,29+,32+,33-,37-/m1/s1. The van der Waals surface area contributed by atoms with Crippen LogP contribution in [0.5, 0.6) is 5.75 Å². The van der Waals surface area contributed by atoms with E-state index in [2.05, 4.69) is 21.4 Å². The number of anilines is 1. The van der Waals surface area contributed by atoms with Crippen molar-refractivity contribution >= 4 is 43.1 Å². The minimum Gasteiger partial charge on any atom is -0.487 e. The second kappa shape index (κ2) is 14.9. The summed E-state index contributed by atoms with van der Waals surface area (Å²) >= 11 is 6.37. The number of hydrogen-bond acceptors (Lipinski definition) is 9. The number of nitrogens with one attached hydrogen (secondary N) is 1. The molecule has 1 amide bonds. The molecule has 0 spiro atoms. The first-order valence-corrected chi connectivity index (χ1v) is 22.0. The van der Waals surface area contributed by atoms with Crippen LogP contribution < -0.4 is 14.4 Å². The van der Waals surface area contributed by atoms with E-state index in [0.29, 0.717) is 49.9 Å². The Labute approximate surface area is 303 Å². The molecule has 1 aliphatic carbocycles. The van der Waals surface area contributed by atoms with Gasteiger partial charge < -0.3 is 14.4 Å². The second-order valence-electron chi connectivity index (χ2n) is 15.1. The summed E-state index contributed by atoms with van der Waals surface area (Å²) in [4.78, 5) is 18.1. The van der Waals surface area contributed by atoms with Crippen molar-refractivity contribution in [3.8, 4) is 5.75 Å². The number of ether oxygens (including phenoxy) is 2. The summed E-state index contributed by atoms with van der Waals surface area (Å²) in [5, 5.41) is -0.588. The van der Waals surface area contributed by atoms with Crippen LogP contribution in [-0.4, -0.2) is 89.3 Å². The molecule has 13 heteroatoms. The molecule has 3 aliphatic heterocycles. The van der Waals surface area contributed by atoms with Gasteiger partial charge in [0.05, 0.1) is 28.4 Å². The van der Waals surface area contributed by atoms with Crippen LogP contribution in [0.1, 0.15) is 80.8 Å². The lowest BCUT2D eigenvalue weighted by molar-refractivity contribution is -0.151. The highest BCUT2D eigenvalue weighted by Crippen LogP contribution is 2.48. The minimum atomic E-state index is -4.04. The van der Waals surface area contributed by atoms with Crippen LogP contribution in [0, 0.1) is 17.8 Å². The van der Waals surface area contributed by atoms with Gasteiger partial charge in [-0.3, -0.25) is 9.69 Å². The smallest absolute Gasteiger partial charge is 0.264 e. The molecular formula is C37H52ClN3O7S2. The molecule has 50 heavy (non-hydrogen) atoms. The lowest BCUT2D eigenvalue weighted by Gasteiger charge is -2.52. The van der Waals surface area contributed by atoms with E-state index in [9.17, 15) is 21.6 Å². The number of likely N-dealkylation sites (tertiary alicyclic amines) is 1. The van der Waals surface area contributed by atoms with E-state index in [1.54, 1.807) is 25.1 Å². The van der Waals surface area contributed by atoms with Gasteiger partial charge in [-0.05, 0) is 118 Å². The Kier molecular flexibility index (Phi) is 11.2. The fourth-order valence-electron chi connectivity index (χ4n) is 8.28. The molecule has 1 unspecified atom stereocenters. The van der Waals surface area contributed by atoms with Crippen LogP contribution in [0.25, 0.3) is 0 Å². The van der Waals surface area contributed by atoms with Gasteiger partial charge in [-0.1, -0.05) is 31.5 Å². The highest BCUT2D eigenvalue weighted by molar-refractivity contribution is 7.91. The number of sulfone groups is 1. The van der Waals surface area contributed by atoms with E-state index >= 15 is 0 Å². The molecule has 276 valence electrons. The lowest BCUT2D eigenvalue weighted by atomic mass is 9.63. The summed E-state index contributed by atoms with van der Waals surface area (Å²) in [6, 6.07) is 11.1. The molecule has 1 saturated carbocycles. The van der Waals surface area contributed by atoms with Gasteiger partial charge in [-0.15, -0.1) is 0 Å². The average Bonchev–Trinajstić information content (AvgIpc) is 3.52. The zero-order valence-corrected chi connectivity index (χ0v) is 32.1. The molecule has 10 nitrogen and oxygen atoms in total.